The number of carbonyl (C=O) groups excluding carboxylic acids is 2. The molecule has 100 valence electrons. The highest BCUT2D eigenvalue weighted by atomic mass is 79.9. The van der Waals surface area contributed by atoms with Crippen LogP contribution in [-0.4, -0.2) is 16.7 Å². The van der Waals surface area contributed by atoms with Gasteiger partial charge in [0.1, 0.15) is 0 Å². The number of rotatable bonds is 3. The van der Waals surface area contributed by atoms with E-state index in [2.05, 4.69) is 21.2 Å². The number of hydrogen-bond acceptors (Lipinski definition) is 4. The standard InChI is InChI=1S/C12H11BrN2O4/c13-10-6-9(15(18)19)3-1-7(10)5-8-2-4-11(16)14-12(8)17/h1,3,6,8H,2,4-5H2,(H,14,16,17). The summed E-state index contributed by atoms with van der Waals surface area (Å²) in [6.07, 6.45) is 1.30. The van der Waals surface area contributed by atoms with Crippen LogP contribution in [0.15, 0.2) is 22.7 Å². The van der Waals surface area contributed by atoms with Gasteiger partial charge in [-0.25, -0.2) is 0 Å². The maximum atomic E-state index is 11.6. The molecular weight excluding hydrogens is 316 g/mol. The van der Waals surface area contributed by atoms with E-state index in [1.807, 2.05) is 0 Å². The Morgan fingerprint density at radius 3 is 2.74 bits per heavy atom. The average Bonchev–Trinajstić information content (AvgIpc) is 2.34. The second-order valence-corrected chi connectivity index (χ2v) is 5.24. The summed E-state index contributed by atoms with van der Waals surface area (Å²) in [4.78, 5) is 32.8. The van der Waals surface area contributed by atoms with Gasteiger partial charge < -0.3 is 0 Å². The zero-order valence-electron chi connectivity index (χ0n) is 9.89. The van der Waals surface area contributed by atoms with Gasteiger partial charge >= 0.3 is 0 Å². The van der Waals surface area contributed by atoms with E-state index in [1.165, 1.54) is 12.1 Å². The third kappa shape index (κ3) is 3.17. The van der Waals surface area contributed by atoms with E-state index in [4.69, 9.17) is 0 Å². The Morgan fingerprint density at radius 1 is 1.42 bits per heavy atom. The molecule has 1 unspecified atom stereocenters. The summed E-state index contributed by atoms with van der Waals surface area (Å²) < 4.78 is 0.603. The van der Waals surface area contributed by atoms with Crippen LogP contribution in [0.5, 0.6) is 0 Å². The van der Waals surface area contributed by atoms with Gasteiger partial charge in [-0.3, -0.25) is 25.0 Å². The highest BCUT2D eigenvalue weighted by Gasteiger charge is 2.27. The number of non-ortho nitro benzene ring substituents is 1. The van der Waals surface area contributed by atoms with Crippen molar-refractivity contribution in [3.63, 3.8) is 0 Å². The largest absolute Gasteiger partial charge is 0.296 e. The molecule has 0 aromatic heterocycles. The first-order valence-corrected chi connectivity index (χ1v) is 6.53. The van der Waals surface area contributed by atoms with Crippen LogP contribution in [0.3, 0.4) is 0 Å². The number of amides is 2. The van der Waals surface area contributed by atoms with Crippen LogP contribution in [0.1, 0.15) is 18.4 Å². The Labute approximate surface area is 117 Å². The van der Waals surface area contributed by atoms with Gasteiger partial charge in [0, 0.05) is 28.9 Å². The van der Waals surface area contributed by atoms with Gasteiger partial charge in [-0.15, -0.1) is 0 Å². The summed E-state index contributed by atoms with van der Waals surface area (Å²) in [7, 11) is 0. The zero-order valence-corrected chi connectivity index (χ0v) is 11.5. The first kappa shape index (κ1) is 13.7. The monoisotopic (exact) mass is 326 g/mol. The van der Waals surface area contributed by atoms with Gasteiger partial charge in [-0.05, 0) is 18.4 Å². The van der Waals surface area contributed by atoms with Crippen molar-refractivity contribution in [1.82, 2.24) is 5.32 Å². The predicted molar refractivity (Wildman–Crippen MR) is 70.4 cm³/mol. The molecule has 0 aliphatic carbocycles. The lowest BCUT2D eigenvalue weighted by molar-refractivity contribution is -0.384. The lowest BCUT2D eigenvalue weighted by Crippen LogP contribution is -2.41. The molecule has 1 heterocycles. The lowest BCUT2D eigenvalue weighted by atomic mass is 9.91. The van der Waals surface area contributed by atoms with Crippen molar-refractivity contribution in [3.8, 4) is 0 Å². The van der Waals surface area contributed by atoms with Crippen molar-refractivity contribution in [1.29, 1.82) is 0 Å². The highest BCUT2D eigenvalue weighted by Crippen LogP contribution is 2.27. The molecule has 0 spiro atoms. The van der Waals surface area contributed by atoms with E-state index in [-0.39, 0.29) is 23.4 Å². The van der Waals surface area contributed by atoms with Crippen LogP contribution < -0.4 is 5.32 Å². The van der Waals surface area contributed by atoms with Crippen LogP contribution in [0, 0.1) is 16.0 Å². The SMILES string of the molecule is O=C1CCC(Cc2ccc([N+](=O)[O-])cc2Br)C(=O)N1. The van der Waals surface area contributed by atoms with Crippen LogP contribution in [-0.2, 0) is 16.0 Å². The molecule has 2 rings (SSSR count). The molecular formula is C12H11BrN2O4. The molecule has 1 aliphatic heterocycles. The maximum Gasteiger partial charge on any atom is 0.270 e. The van der Waals surface area contributed by atoms with Gasteiger partial charge in [0.2, 0.25) is 11.8 Å². The molecule has 1 aromatic rings. The number of carbonyl (C=O) groups is 2. The highest BCUT2D eigenvalue weighted by molar-refractivity contribution is 9.10. The fraction of sp³-hybridized carbons (Fsp3) is 0.333. The number of imide groups is 1. The van der Waals surface area contributed by atoms with E-state index < -0.39 is 4.92 Å². The number of nitrogens with one attached hydrogen (secondary N) is 1. The second kappa shape index (κ2) is 5.48. The molecule has 1 N–H and O–H groups in total. The summed E-state index contributed by atoms with van der Waals surface area (Å²) in [6.45, 7) is 0. The quantitative estimate of drug-likeness (QED) is 0.522. The molecule has 7 heteroatoms. The first-order chi connectivity index (χ1) is 8.97. The Bertz CT molecular complexity index is 559. The molecule has 0 bridgehead atoms. The van der Waals surface area contributed by atoms with Crippen molar-refractivity contribution < 1.29 is 14.5 Å². The van der Waals surface area contributed by atoms with E-state index in [9.17, 15) is 19.7 Å². The van der Waals surface area contributed by atoms with E-state index in [0.29, 0.717) is 23.7 Å². The Hall–Kier alpha value is -1.76. The number of piperidine rings is 1. The minimum Gasteiger partial charge on any atom is -0.296 e. The number of nitro benzene ring substituents is 1. The Kier molecular flexibility index (Phi) is 3.94. The molecule has 2 amide bonds. The molecule has 0 radical (unpaired) electrons. The van der Waals surface area contributed by atoms with Crippen LogP contribution in [0.4, 0.5) is 5.69 Å². The summed E-state index contributed by atoms with van der Waals surface area (Å²) in [5.41, 5.74) is 0.819. The van der Waals surface area contributed by atoms with Gasteiger partial charge in [0.25, 0.3) is 5.69 Å². The summed E-state index contributed by atoms with van der Waals surface area (Å²) in [5, 5.41) is 12.9. The van der Waals surface area contributed by atoms with Crippen molar-refractivity contribution in [2.75, 3.05) is 0 Å². The number of nitro groups is 1. The van der Waals surface area contributed by atoms with Crippen molar-refractivity contribution in [2.24, 2.45) is 5.92 Å². The number of halogens is 1. The zero-order chi connectivity index (χ0) is 14.0. The predicted octanol–water partition coefficient (Wildman–Crippen LogP) is 1.95. The molecule has 0 saturated carbocycles. The first-order valence-electron chi connectivity index (χ1n) is 5.74. The summed E-state index contributed by atoms with van der Waals surface area (Å²) in [6, 6.07) is 4.46. The molecule has 6 nitrogen and oxygen atoms in total. The van der Waals surface area contributed by atoms with Crippen LogP contribution in [0.25, 0.3) is 0 Å². The summed E-state index contributed by atoms with van der Waals surface area (Å²) in [5.74, 6) is -0.791. The van der Waals surface area contributed by atoms with Crippen molar-refractivity contribution >= 4 is 33.4 Å². The number of benzene rings is 1. The minimum absolute atomic E-state index is 0.00102. The van der Waals surface area contributed by atoms with Gasteiger partial charge in [0.05, 0.1) is 4.92 Å². The molecule has 19 heavy (non-hydrogen) atoms. The van der Waals surface area contributed by atoms with E-state index >= 15 is 0 Å². The lowest BCUT2D eigenvalue weighted by Gasteiger charge is -2.21. The Balaban J connectivity index is 2.13. The molecule has 1 fully saturated rings. The smallest absolute Gasteiger partial charge is 0.270 e. The van der Waals surface area contributed by atoms with Gasteiger partial charge in [0.15, 0.2) is 0 Å². The number of hydrogen-bond donors (Lipinski definition) is 1. The molecule has 1 aliphatic rings. The third-order valence-corrected chi connectivity index (χ3v) is 3.81. The van der Waals surface area contributed by atoms with Crippen LogP contribution >= 0.6 is 15.9 Å². The fourth-order valence-electron chi connectivity index (χ4n) is 2.01. The fourth-order valence-corrected chi connectivity index (χ4v) is 2.54. The molecule has 1 atom stereocenters. The number of nitrogens with zero attached hydrogens (tertiary/aromatic N) is 1. The topological polar surface area (TPSA) is 89.3 Å². The molecule has 1 saturated heterocycles. The average molecular weight is 327 g/mol. The van der Waals surface area contributed by atoms with Crippen molar-refractivity contribution in [2.45, 2.75) is 19.3 Å². The second-order valence-electron chi connectivity index (χ2n) is 4.38. The minimum atomic E-state index is -0.472. The van der Waals surface area contributed by atoms with Crippen molar-refractivity contribution in [3.05, 3.63) is 38.3 Å². The van der Waals surface area contributed by atoms with Crippen LogP contribution in [0.2, 0.25) is 0 Å². The summed E-state index contributed by atoms with van der Waals surface area (Å²) >= 11 is 3.27. The normalized spacial score (nSPS) is 19.1. The van der Waals surface area contributed by atoms with Gasteiger partial charge in [-0.2, -0.15) is 0 Å². The maximum absolute atomic E-state index is 11.6. The Morgan fingerprint density at radius 2 is 2.16 bits per heavy atom. The van der Waals surface area contributed by atoms with Gasteiger partial charge in [-0.1, -0.05) is 22.0 Å². The van der Waals surface area contributed by atoms with E-state index in [0.717, 1.165) is 5.56 Å². The third-order valence-electron chi connectivity index (χ3n) is 3.07. The molecule has 1 aromatic carbocycles. The van der Waals surface area contributed by atoms with E-state index in [1.54, 1.807) is 6.07 Å².